The van der Waals surface area contributed by atoms with Crippen LogP contribution >= 0.6 is 23.7 Å². The van der Waals surface area contributed by atoms with E-state index in [4.69, 9.17) is 5.73 Å². The molecule has 2 N–H and O–H groups in total. The van der Waals surface area contributed by atoms with Gasteiger partial charge in [0.05, 0.1) is 22.8 Å². The van der Waals surface area contributed by atoms with Crippen LogP contribution in [0.25, 0.3) is 10.2 Å². The third-order valence-corrected chi connectivity index (χ3v) is 5.74. The molecule has 1 aliphatic rings. The number of nitrogens with zero attached hydrogens (tertiary/aromatic N) is 2. The van der Waals surface area contributed by atoms with Gasteiger partial charge in [-0.2, -0.15) is 0 Å². The Morgan fingerprint density at radius 1 is 1.33 bits per heavy atom. The molecule has 1 amide bonds. The van der Waals surface area contributed by atoms with E-state index >= 15 is 0 Å². The fourth-order valence-electron chi connectivity index (χ4n) is 3.43. The van der Waals surface area contributed by atoms with Crippen molar-refractivity contribution in [2.45, 2.75) is 51.1 Å². The third kappa shape index (κ3) is 4.68. The van der Waals surface area contributed by atoms with Crippen LogP contribution in [0, 0.1) is 5.92 Å². The van der Waals surface area contributed by atoms with Crippen LogP contribution in [0.1, 0.15) is 43.5 Å². The number of para-hydroxylation sites is 1. The second-order valence-electron chi connectivity index (χ2n) is 6.62. The maximum Gasteiger partial charge on any atom is 0.239 e. The SMILES string of the molecule is CN(Cc1nc2ccccc2s1)C(=O)C(N)CC1CCCCC1.Cl. The first-order chi connectivity index (χ1) is 11.1. The number of fused-ring (bicyclic) bond motifs is 1. The van der Waals surface area contributed by atoms with Crippen molar-refractivity contribution >= 4 is 39.9 Å². The molecule has 1 atom stereocenters. The molecule has 1 aliphatic carbocycles. The van der Waals surface area contributed by atoms with Gasteiger partial charge in [0, 0.05) is 7.05 Å². The second-order valence-corrected chi connectivity index (χ2v) is 7.73. The summed E-state index contributed by atoms with van der Waals surface area (Å²) in [6, 6.07) is 7.69. The summed E-state index contributed by atoms with van der Waals surface area (Å²) >= 11 is 1.64. The predicted octanol–water partition coefficient (Wildman–Crippen LogP) is 3.97. The fourth-order valence-corrected chi connectivity index (χ4v) is 4.46. The summed E-state index contributed by atoms with van der Waals surface area (Å²) in [5, 5.41) is 0.965. The number of carbonyl (C=O) groups excluding carboxylic acids is 1. The second kappa shape index (κ2) is 8.79. The van der Waals surface area contributed by atoms with Crippen molar-refractivity contribution < 1.29 is 4.79 Å². The standard InChI is InChI=1S/C18H25N3OS.ClH/c1-21(12-17-20-15-9-5-6-10-16(15)23-17)18(22)14(19)11-13-7-3-2-4-8-13;/h5-6,9-10,13-14H,2-4,7-8,11-12,19H2,1H3;1H. The van der Waals surface area contributed by atoms with Crippen LogP contribution in [0.4, 0.5) is 0 Å². The monoisotopic (exact) mass is 367 g/mol. The number of halogens is 1. The Morgan fingerprint density at radius 3 is 2.75 bits per heavy atom. The van der Waals surface area contributed by atoms with Crippen molar-refractivity contribution in [3.8, 4) is 0 Å². The minimum Gasteiger partial charge on any atom is -0.338 e. The topological polar surface area (TPSA) is 59.2 Å². The molecule has 1 unspecified atom stereocenters. The van der Waals surface area contributed by atoms with E-state index in [-0.39, 0.29) is 24.4 Å². The number of hydrogen-bond donors (Lipinski definition) is 1. The molecule has 0 spiro atoms. The van der Waals surface area contributed by atoms with Gasteiger partial charge in [-0.05, 0) is 24.5 Å². The molecule has 1 aromatic carbocycles. The highest BCUT2D eigenvalue weighted by molar-refractivity contribution is 7.18. The van der Waals surface area contributed by atoms with Crippen LogP contribution in [0.2, 0.25) is 0 Å². The van der Waals surface area contributed by atoms with Gasteiger partial charge in [-0.1, -0.05) is 44.2 Å². The molecule has 0 radical (unpaired) electrons. The molecular weight excluding hydrogens is 342 g/mol. The lowest BCUT2D eigenvalue weighted by Crippen LogP contribution is -2.42. The maximum atomic E-state index is 12.5. The van der Waals surface area contributed by atoms with Crippen molar-refractivity contribution in [1.29, 1.82) is 0 Å². The minimum atomic E-state index is -0.377. The third-order valence-electron chi connectivity index (χ3n) is 4.72. The highest BCUT2D eigenvalue weighted by Crippen LogP contribution is 2.27. The first kappa shape index (κ1) is 19.2. The first-order valence-corrected chi connectivity index (χ1v) is 9.30. The molecule has 0 aliphatic heterocycles. The lowest BCUT2D eigenvalue weighted by molar-refractivity contribution is -0.132. The molecule has 1 heterocycles. The summed E-state index contributed by atoms with van der Waals surface area (Å²) in [7, 11) is 1.83. The number of likely N-dealkylation sites (N-methyl/N-ethyl adjacent to an activating group) is 1. The van der Waals surface area contributed by atoms with Gasteiger partial charge in [0.25, 0.3) is 0 Å². The molecule has 132 valence electrons. The summed E-state index contributed by atoms with van der Waals surface area (Å²) < 4.78 is 1.16. The molecular formula is C18H26ClN3OS. The molecule has 24 heavy (non-hydrogen) atoms. The number of aromatic nitrogens is 1. The van der Waals surface area contributed by atoms with Crippen LogP contribution in [-0.2, 0) is 11.3 Å². The van der Waals surface area contributed by atoms with Crippen molar-refractivity contribution in [1.82, 2.24) is 9.88 Å². The zero-order chi connectivity index (χ0) is 16.2. The molecule has 1 saturated carbocycles. The minimum absolute atomic E-state index is 0. The molecule has 4 nitrogen and oxygen atoms in total. The normalized spacial score (nSPS) is 16.6. The molecule has 1 aromatic heterocycles. The van der Waals surface area contributed by atoms with Crippen LogP contribution < -0.4 is 5.73 Å². The molecule has 3 rings (SSSR count). The van der Waals surface area contributed by atoms with Gasteiger partial charge in [-0.3, -0.25) is 4.79 Å². The van der Waals surface area contributed by atoms with Gasteiger partial charge in [0.1, 0.15) is 5.01 Å². The Balaban J connectivity index is 0.00000208. The van der Waals surface area contributed by atoms with Gasteiger partial charge >= 0.3 is 0 Å². The van der Waals surface area contributed by atoms with Gasteiger partial charge in [-0.15, -0.1) is 23.7 Å². The number of benzene rings is 1. The fraction of sp³-hybridized carbons (Fsp3) is 0.556. The van der Waals surface area contributed by atoms with E-state index in [9.17, 15) is 4.79 Å². The highest BCUT2D eigenvalue weighted by Gasteiger charge is 2.24. The zero-order valence-electron chi connectivity index (χ0n) is 14.1. The Bertz CT molecular complexity index is 636. The van der Waals surface area contributed by atoms with Gasteiger partial charge < -0.3 is 10.6 Å². The van der Waals surface area contributed by atoms with Crippen molar-refractivity contribution in [2.75, 3.05) is 7.05 Å². The van der Waals surface area contributed by atoms with E-state index in [1.807, 2.05) is 25.2 Å². The van der Waals surface area contributed by atoms with Gasteiger partial charge in [0.15, 0.2) is 0 Å². The summed E-state index contributed by atoms with van der Waals surface area (Å²) in [5.41, 5.74) is 7.17. The van der Waals surface area contributed by atoms with Crippen LogP contribution in [0.15, 0.2) is 24.3 Å². The Kier molecular flexibility index (Phi) is 7.02. The average Bonchev–Trinajstić information content (AvgIpc) is 2.97. The van der Waals surface area contributed by atoms with Crippen molar-refractivity contribution in [3.05, 3.63) is 29.3 Å². The predicted molar refractivity (Wildman–Crippen MR) is 103 cm³/mol. The Morgan fingerprint density at radius 2 is 2.04 bits per heavy atom. The summed E-state index contributed by atoms with van der Waals surface area (Å²) in [6.07, 6.45) is 7.17. The van der Waals surface area contributed by atoms with Crippen LogP contribution in [0.5, 0.6) is 0 Å². The van der Waals surface area contributed by atoms with Crippen molar-refractivity contribution in [3.63, 3.8) is 0 Å². The number of hydrogen-bond acceptors (Lipinski definition) is 4. The number of carbonyl (C=O) groups is 1. The van der Waals surface area contributed by atoms with Crippen molar-refractivity contribution in [2.24, 2.45) is 11.7 Å². The number of amides is 1. The van der Waals surface area contributed by atoms with E-state index < -0.39 is 0 Å². The zero-order valence-corrected chi connectivity index (χ0v) is 15.7. The Hall–Kier alpha value is -1.17. The van der Waals surface area contributed by atoms with Gasteiger partial charge in [-0.25, -0.2) is 4.98 Å². The molecule has 0 saturated heterocycles. The molecule has 1 fully saturated rings. The highest BCUT2D eigenvalue weighted by atomic mass is 35.5. The lowest BCUT2D eigenvalue weighted by atomic mass is 9.85. The number of thiazole rings is 1. The molecule has 6 heteroatoms. The average molecular weight is 368 g/mol. The quantitative estimate of drug-likeness (QED) is 0.869. The van der Waals surface area contributed by atoms with E-state index in [1.165, 1.54) is 32.1 Å². The van der Waals surface area contributed by atoms with Gasteiger partial charge in [0.2, 0.25) is 5.91 Å². The first-order valence-electron chi connectivity index (χ1n) is 8.48. The van der Waals surface area contributed by atoms with E-state index in [0.29, 0.717) is 12.5 Å². The van der Waals surface area contributed by atoms with E-state index in [1.54, 1.807) is 16.2 Å². The molecule has 2 aromatic rings. The largest absolute Gasteiger partial charge is 0.338 e. The lowest BCUT2D eigenvalue weighted by Gasteiger charge is -2.26. The molecule has 0 bridgehead atoms. The van der Waals surface area contributed by atoms with Crippen LogP contribution in [0.3, 0.4) is 0 Å². The van der Waals surface area contributed by atoms with Crippen LogP contribution in [-0.4, -0.2) is 28.9 Å². The summed E-state index contributed by atoms with van der Waals surface area (Å²) in [5.74, 6) is 0.661. The maximum absolute atomic E-state index is 12.5. The number of rotatable bonds is 5. The Labute approximate surface area is 153 Å². The van der Waals surface area contributed by atoms with E-state index in [2.05, 4.69) is 11.1 Å². The number of nitrogens with two attached hydrogens (primary N) is 1. The summed E-state index contributed by atoms with van der Waals surface area (Å²) in [4.78, 5) is 18.8. The smallest absolute Gasteiger partial charge is 0.239 e. The summed E-state index contributed by atoms with van der Waals surface area (Å²) in [6.45, 7) is 0.538. The van der Waals surface area contributed by atoms with E-state index in [0.717, 1.165) is 21.6 Å².